The molecule has 0 saturated carbocycles. The molecule has 2 aliphatic rings. The van der Waals surface area contributed by atoms with Crippen LogP contribution in [0.3, 0.4) is 0 Å². The van der Waals surface area contributed by atoms with Crippen LogP contribution in [0.4, 0.5) is 0 Å². The van der Waals surface area contributed by atoms with Gasteiger partial charge in [-0.1, -0.05) is 36.4 Å². The van der Waals surface area contributed by atoms with Gasteiger partial charge in [0.2, 0.25) is 0 Å². The normalized spacial score (nSPS) is 19.0. The number of piperazine rings is 1. The average molecular weight is 420 g/mol. The zero-order valence-corrected chi connectivity index (χ0v) is 17.1. The van der Waals surface area contributed by atoms with Crippen LogP contribution in [0.15, 0.2) is 57.2 Å². The summed E-state index contributed by atoms with van der Waals surface area (Å²) in [6, 6.07) is 13.3. The Hall–Kier alpha value is -2.07. The summed E-state index contributed by atoms with van der Waals surface area (Å²) in [4.78, 5) is 13.7. The molecule has 1 saturated heterocycles. The van der Waals surface area contributed by atoms with E-state index >= 15 is 0 Å². The summed E-state index contributed by atoms with van der Waals surface area (Å²) < 4.78 is 27.1. The van der Waals surface area contributed by atoms with E-state index in [1.165, 1.54) is 15.6 Å². The van der Waals surface area contributed by atoms with Gasteiger partial charge < -0.3 is 4.90 Å². The number of carbonyl (C=O) groups is 1. The molecule has 1 aromatic heterocycles. The second-order valence-corrected chi connectivity index (χ2v) is 10.1. The molecule has 7 nitrogen and oxygen atoms in total. The highest BCUT2D eigenvalue weighted by Crippen LogP contribution is 2.20. The van der Waals surface area contributed by atoms with Crippen LogP contribution < -0.4 is 4.90 Å². The molecule has 148 valence electrons. The molecule has 1 N–H and O–H groups in total. The molecule has 2 aliphatic heterocycles. The Morgan fingerprint density at radius 3 is 2.50 bits per heavy atom. The fourth-order valence-electron chi connectivity index (χ4n) is 3.53. The molecule has 9 heteroatoms. The van der Waals surface area contributed by atoms with E-state index in [0.717, 1.165) is 22.6 Å². The summed E-state index contributed by atoms with van der Waals surface area (Å²) in [6.07, 6.45) is 0.762. The molecule has 4 rings (SSSR count). The number of nitrogens with one attached hydrogen (secondary N) is 1. The Morgan fingerprint density at radius 1 is 1.07 bits per heavy atom. The Balaban J connectivity index is 1.32. The molecule has 28 heavy (non-hydrogen) atoms. The van der Waals surface area contributed by atoms with Crippen molar-refractivity contribution < 1.29 is 18.1 Å². The number of thiophene rings is 1. The zero-order valence-electron chi connectivity index (χ0n) is 15.5. The van der Waals surface area contributed by atoms with Crippen LogP contribution in [0, 0.1) is 0 Å². The van der Waals surface area contributed by atoms with Crippen molar-refractivity contribution in [2.24, 2.45) is 5.10 Å². The van der Waals surface area contributed by atoms with Crippen LogP contribution in [-0.2, 0) is 14.8 Å². The number of rotatable bonds is 5. The molecular weight excluding hydrogens is 396 g/mol. The third kappa shape index (κ3) is 4.02. The van der Waals surface area contributed by atoms with Gasteiger partial charge in [0.1, 0.15) is 4.21 Å². The molecule has 2 aromatic rings. The molecule has 0 radical (unpaired) electrons. The van der Waals surface area contributed by atoms with E-state index in [1.807, 2.05) is 30.3 Å². The third-order valence-corrected chi connectivity index (χ3v) is 8.39. The molecule has 1 fully saturated rings. The van der Waals surface area contributed by atoms with Gasteiger partial charge in [0.15, 0.2) is 6.54 Å². The third-order valence-electron chi connectivity index (χ3n) is 5.12. The minimum atomic E-state index is -3.40. The Labute approximate surface area is 168 Å². The highest BCUT2D eigenvalue weighted by molar-refractivity contribution is 7.91. The van der Waals surface area contributed by atoms with Gasteiger partial charge in [-0.05, 0) is 17.0 Å². The van der Waals surface area contributed by atoms with Crippen molar-refractivity contribution in [1.82, 2.24) is 9.31 Å². The van der Waals surface area contributed by atoms with E-state index in [-0.39, 0.29) is 5.91 Å². The summed E-state index contributed by atoms with van der Waals surface area (Å²) in [5.74, 6) is -0.00417. The number of nitrogens with zero attached hydrogens (tertiary/aromatic N) is 3. The van der Waals surface area contributed by atoms with Crippen molar-refractivity contribution in [2.75, 3.05) is 39.3 Å². The number of hydrogen-bond acceptors (Lipinski definition) is 5. The van der Waals surface area contributed by atoms with Gasteiger partial charge >= 0.3 is 0 Å². The minimum absolute atomic E-state index is 0.00417. The van der Waals surface area contributed by atoms with Gasteiger partial charge in [-0.15, -0.1) is 11.3 Å². The summed E-state index contributed by atoms with van der Waals surface area (Å²) in [6.45, 7) is 3.06. The highest BCUT2D eigenvalue weighted by atomic mass is 32.2. The second-order valence-electron chi connectivity index (χ2n) is 6.94. The largest absolute Gasteiger partial charge is 0.325 e. The quantitative estimate of drug-likeness (QED) is 0.756. The molecule has 0 bridgehead atoms. The fourth-order valence-corrected chi connectivity index (χ4v) is 6.12. The number of amides is 1. The van der Waals surface area contributed by atoms with Crippen LogP contribution in [0.1, 0.15) is 12.0 Å². The summed E-state index contributed by atoms with van der Waals surface area (Å²) in [7, 11) is -3.40. The second kappa shape index (κ2) is 8.12. The first-order valence-corrected chi connectivity index (χ1v) is 11.7. The lowest BCUT2D eigenvalue weighted by atomic mass is 10.1. The number of quaternary nitrogens is 1. The van der Waals surface area contributed by atoms with Crippen molar-refractivity contribution in [3.63, 3.8) is 0 Å². The van der Waals surface area contributed by atoms with Crippen molar-refractivity contribution in [1.29, 1.82) is 0 Å². The average Bonchev–Trinajstić information content (AvgIpc) is 3.42. The Morgan fingerprint density at radius 2 is 1.82 bits per heavy atom. The predicted octanol–water partition coefficient (Wildman–Crippen LogP) is 0.274. The predicted molar refractivity (Wildman–Crippen MR) is 108 cm³/mol. The zero-order chi connectivity index (χ0) is 19.6. The number of hydrogen-bond donors (Lipinski definition) is 1. The van der Waals surface area contributed by atoms with Gasteiger partial charge in [-0.3, -0.25) is 4.79 Å². The van der Waals surface area contributed by atoms with Crippen LogP contribution in [0.25, 0.3) is 0 Å². The van der Waals surface area contributed by atoms with Crippen molar-refractivity contribution in [2.45, 2.75) is 10.6 Å². The molecule has 0 atom stereocenters. The lowest BCUT2D eigenvalue weighted by Crippen LogP contribution is -3.15. The Bertz CT molecular complexity index is 950. The first kappa shape index (κ1) is 19.3. The van der Waals surface area contributed by atoms with Crippen molar-refractivity contribution in [3.05, 3.63) is 53.4 Å². The number of carbonyl (C=O) groups excluding carboxylic acids is 1. The SMILES string of the molecule is O=C(C[NH+]1CCN(S(=O)(=O)c2cccs2)CC1)N1CCC(c2ccccc2)=N1. The van der Waals surface area contributed by atoms with E-state index < -0.39 is 10.0 Å². The fraction of sp³-hybridized carbons (Fsp3) is 0.368. The minimum Gasteiger partial charge on any atom is -0.325 e. The summed E-state index contributed by atoms with van der Waals surface area (Å²) in [5, 5.41) is 7.82. The van der Waals surface area contributed by atoms with Crippen LogP contribution >= 0.6 is 11.3 Å². The van der Waals surface area contributed by atoms with E-state index in [2.05, 4.69) is 5.10 Å². The molecule has 0 spiro atoms. The smallest absolute Gasteiger partial charge is 0.297 e. The lowest BCUT2D eigenvalue weighted by Gasteiger charge is -2.31. The van der Waals surface area contributed by atoms with Gasteiger partial charge in [-0.2, -0.15) is 9.41 Å². The van der Waals surface area contributed by atoms with Crippen molar-refractivity contribution >= 4 is 33.0 Å². The number of hydrazone groups is 1. The van der Waals surface area contributed by atoms with Crippen LogP contribution in [0.2, 0.25) is 0 Å². The van der Waals surface area contributed by atoms with Crippen molar-refractivity contribution in [3.8, 4) is 0 Å². The van der Waals surface area contributed by atoms with E-state index in [0.29, 0.717) is 43.5 Å². The monoisotopic (exact) mass is 419 g/mol. The maximum atomic E-state index is 12.6. The maximum absolute atomic E-state index is 12.6. The van der Waals surface area contributed by atoms with Crippen LogP contribution in [-0.4, -0.2) is 68.6 Å². The molecule has 0 aliphatic carbocycles. The maximum Gasteiger partial charge on any atom is 0.297 e. The standard InChI is InChI=1S/C19H22N4O3S2/c24-18(23-9-8-17(20-23)16-5-2-1-3-6-16)15-21-10-12-22(13-11-21)28(25,26)19-7-4-14-27-19/h1-7,14H,8-13,15H2/p+1. The first-order valence-electron chi connectivity index (χ1n) is 9.34. The van der Waals surface area contributed by atoms with Gasteiger partial charge in [0.25, 0.3) is 15.9 Å². The topological polar surface area (TPSA) is 74.5 Å². The van der Waals surface area contributed by atoms with Gasteiger partial charge in [0.05, 0.1) is 38.4 Å². The molecule has 1 aromatic carbocycles. The Kier molecular flexibility index (Phi) is 5.58. The van der Waals surface area contributed by atoms with E-state index in [4.69, 9.17) is 0 Å². The van der Waals surface area contributed by atoms with Crippen LogP contribution in [0.5, 0.6) is 0 Å². The summed E-state index contributed by atoms with van der Waals surface area (Å²) in [5.41, 5.74) is 1.99. The molecule has 1 amide bonds. The van der Waals surface area contributed by atoms with Gasteiger partial charge in [-0.25, -0.2) is 13.4 Å². The van der Waals surface area contributed by atoms with E-state index in [9.17, 15) is 13.2 Å². The lowest BCUT2D eigenvalue weighted by molar-refractivity contribution is -0.896. The van der Waals surface area contributed by atoms with Gasteiger partial charge in [0, 0.05) is 6.42 Å². The first-order chi connectivity index (χ1) is 13.5. The summed E-state index contributed by atoms with van der Waals surface area (Å²) >= 11 is 1.24. The number of benzene rings is 1. The molecule has 0 unspecified atom stereocenters. The molecular formula is C19H23N4O3S2+. The number of sulfonamides is 1. The van der Waals surface area contributed by atoms with E-state index in [1.54, 1.807) is 22.5 Å². The molecule has 3 heterocycles. The highest BCUT2D eigenvalue weighted by Gasteiger charge is 2.33.